The van der Waals surface area contributed by atoms with Crippen LogP contribution in [0.4, 0.5) is 0 Å². The molecule has 1 saturated heterocycles. The molecule has 32 heavy (non-hydrogen) atoms. The standard InChI is InChI=1S/C25H30N4O3/c1-31-21-14-12-19(13-15-21)22(29-16-5-6-17-29)18-26-23(30)10-7-11-24-27-25(28-32-24)20-8-3-2-4-9-20/h2-4,8-9,12-15,22H,5-7,10-11,16-18H2,1H3,(H,26,30). The highest BCUT2D eigenvalue weighted by Gasteiger charge is 2.24. The number of ether oxygens (including phenoxy) is 1. The minimum atomic E-state index is 0.0468. The van der Waals surface area contributed by atoms with E-state index in [9.17, 15) is 4.79 Å². The molecule has 2 heterocycles. The number of benzene rings is 2. The lowest BCUT2D eigenvalue weighted by Crippen LogP contribution is -2.36. The first-order chi connectivity index (χ1) is 15.7. The molecule has 0 bridgehead atoms. The van der Waals surface area contributed by atoms with Gasteiger partial charge in [0, 0.05) is 24.9 Å². The normalized spacial score (nSPS) is 14.9. The Labute approximate surface area is 188 Å². The number of carbonyl (C=O) groups excluding carboxylic acids is 1. The number of aromatic nitrogens is 2. The van der Waals surface area contributed by atoms with E-state index in [4.69, 9.17) is 9.26 Å². The van der Waals surface area contributed by atoms with E-state index in [1.54, 1.807) is 7.11 Å². The Morgan fingerprint density at radius 1 is 1.12 bits per heavy atom. The fourth-order valence-corrected chi connectivity index (χ4v) is 4.10. The van der Waals surface area contributed by atoms with Crippen molar-refractivity contribution in [2.24, 2.45) is 0 Å². The van der Waals surface area contributed by atoms with E-state index in [0.29, 0.717) is 37.5 Å². The zero-order chi connectivity index (χ0) is 22.2. The molecule has 1 amide bonds. The molecule has 4 rings (SSSR count). The number of amides is 1. The molecular weight excluding hydrogens is 404 g/mol. The van der Waals surface area contributed by atoms with Crippen molar-refractivity contribution >= 4 is 5.91 Å². The van der Waals surface area contributed by atoms with E-state index in [1.807, 2.05) is 42.5 Å². The molecule has 2 aromatic carbocycles. The average molecular weight is 435 g/mol. The zero-order valence-electron chi connectivity index (χ0n) is 18.5. The summed E-state index contributed by atoms with van der Waals surface area (Å²) < 4.78 is 10.6. The molecule has 0 aliphatic carbocycles. The third-order valence-corrected chi connectivity index (χ3v) is 5.87. The van der Waals surface area contributed by atoms with Crippen molar-refractivity contribution in [3.05, 3.63) is 66.1 Å². The Morgan fingerprint density at radius 3 is 2.59 bits per heavy atom. The van der Waals surface area contributed by atoms with Gasteiger partial charge in [0.2, 0.25) is 17.6 Å². The van der Waals surface area contributed by atoms with Gasteiger partial charge < -0.3 is 14.6 Å². The van der Waals surface area contributed by atoms with Crippen molar-refractivity contribution in [1.29, 1.82) is 0 Å². The van der Waals surface area contributed by atoms with Crippen molar-refractivity contribution in [3.8, 4) is 17.1 Å². The smallest absolute Gasteiger partial charge is 0.226 e. The molecule has 7 heteroatoms. The van der Waals surface area contributed by atoms with Crippen LogP contribution in [0.25, 0.3) is 11.4 Å². The number of likely N-dealkylation sites (tertiary alicyclic amines) is 1. The van der Waals surface area contributed by atoms with Gasteiger partial charge in [0.05, 0.1) is 13.2 Å². The first-order valence-electron chi connectivity index (χ1n) is 11.3. The molecular formula is C25H30N4O3. The molecule has 1 aliphatic heterocycles. The molecule has 1 fully saturated rings. The van der Waals surface area contributed by atoms with Crippen LogP contribution in [0.1, 0.15) is 43.2 Å². The molecule has 0 radical (unpaired) electrons. The highest BCUT2D eigenvalue weighted by atomic mass is 16.5. The fraction of sp³-hybridized carbons (Fsp3) is 0.400. The zero-order valence-corrected chi connectivity index (χ0v) is 18.5. The van der Waals surface area contributed by atoms with Gasteiger partial charge in [-0.2, -0.15) is 4.98 Å². The van der Waals surface area contributed by atoms with Crippen LogP contribution >= 0.6 is 0 Å². The molecule has 1 aliphatic rings. The van der Waals surface area contributed by atoms with Gasteiger partial charge in [-0.25, -0.2) is 0 Å². The lowest BCUT2D eigenvalue weighted by Gasteiger charge is -2.28. The highest BCUT2D eigenvalue weighted by molar-refractivity contribution is 5.75. The predicted molar refractivity (Wildman–Crippen MR) is 122 cm³/mol. The van der Waals surface area contributed by atoms with Crippen LogP contribution in [-0.4, -0.2) is 47.7 Å². The van der Waals surface area contributed by atoms with Crippen LogP contribution in [0, 0.1) is 0 Å². The third kappa shape index (κ3) is 5.73. The maximum atomic E-state index is 12.5. The summed E-state index contributed by atoms with van der Waals surface area (Å²) in [5.74, 6) is 2.03. The number of hydrogen-bond acceptors (Lipinski definition) is 6. The lowest BCUT2D eigenvalue weighted by molar-refractivity contribution is -0.121. The number of rotatable bonds is 10. The van der Waals surface area contributed by atoms with Crippen LogP contribution in [0.3, 0.4) is 0 Å². The number of aryl methyl sites for hydroxylation is 1. The lowest BCUT2D eigenvalue weighted by atomic mass is 10.0. The van der Waals surface area contributed by atoms with Crippen molar-refractivity contribution in [3.63, 3.8) is 0 Å². The van der Waals surface area contributed by atoms with Crippen LogP contribution < -0.4 is 10.1 Å². The Bertz CT molecular complexity index is 982. The number of nitrogens with zero attached hydrogens (tertiary/aromatic N) is 3. The molecule has 1 unspecified atom stereocenters. The molecule has 1 aromatic heterocycles. The van der Waals surface area contributed by atoms with Gasteiger partial charge in [0.15, 0.2) is 0 Å². The van der Waals surface area contributed by atoms with Gasteiger partial charge in [-0.15, -0.1) is 0 Å². The Hall–Kier alpha value is -3.19. The van der Waals surface area contributed by atoms with Gasteiger partial charge in [0.1, 0.15) is 5.75 Å². The van der Waals surface area contributed by atoms with Gasteiger partial charge >= 0.3 is 0 Å². The topological polar surface area (TPSA) is 80.5 Å². The maximum absolute atomic E-state index is 12.5. The summed E-state index contributed by atoms with van der Waals surface area (Å²) in [6, 6.07) is 18.0. The Kier molecular flexibility index (Phi) is 7.51. The number of hydrogen-bond donors (Lipinski definition) is 1. The first-order valence-corrected chi connectivity index (χ1v) is 11.3. The summed E-state index contributed by atoms with van der Waals surface area (Å²) in [6.45, 7) is 2.73. The molecule has 7 nitrogen and oxygen atoms in total. The molecule has 0 saturated carbocycles. The predicted octanol–water partition coefficient (Wildman–Crippen LogP) is 4.02. The molecule has 168 valence electrons. The van der Waals surface area contributed by atoms with E-state index in [0.717, 1.165) is 24.4 Å². The number of nitrogens with one attached hydrogen (secondary N) is 1. The summed E-state index contributed by atoms with van der Waals surface area (Å²) in [4.78, 5) is 19.4. The molecule has 3 aromatic rings. The summed E-state index contributed by atoms with van der Waals surface area (Å²) >= 11 is 0. The minimum absolute atomic E-state index is 0.0468. The van der Waals surface area contributed by atoms with E-state index in [-0.39, 0.29) is 11.9 Å². The summed E-state index contributed by atoms with van der Waals surface area (Å²) in [5.41, 5.74) is 2.12. The Balaban J connectivity index is 1.26. The van der Waals surface area contributed by atoms with Crippen molar-refractivity contribution < 1.29 is 14.1 Å². The van der Waals surface area contributed by atoms with Crippen LogP contribution in [-0.2, 0) is 11.2 Å². The molecule has 1 N–H and O–H groups in total. The minimum Gasteiger partial charge on any atom is -0.497 e. The van der Waals surface area contributed by atoms with Crippen LogP contribution in [0.5, 0.6) is 5.75 Å². The monoisotopic (exact) mass is 434 g/mol. The van der Waals surface area contributed by atoms with Crippen molar-refractivity contribution in [2.45, 2.75) is 38.1 Å². The van der Waals surface area contributed by atoms with Gasteiger partial charge in [-0.1, -0.05) is 47.6 Å². The largest absolute Gasteiger partial charge is 0.497 e. The van der Waals surface area contributed by atoms with E-state index < -0.39 is 0 Å². The third-order valence-electron chi connectivity index (χ3n) is 5.87. The van der Waals surface area contributed by atoms with Crippen LogP contribution in [0.2, 0.25) is 0 Å². The second-order valence-electron chi connectivity index (χ2n) is 8.07. The SMILES string of the molecule is COc1ccc(C(CNC(=O)CCCc2nc(-c3ccccc3)no2)N2CCCC2)cc1. The first kappa shape index (κ1) is 22.0. The molecule has 0 spiro atoms. The van der Waals surface area contributed by atoms with E-state index >= 15 is 0 Å². The maximum Gasteiger partial charge on any atom is 0.226 e. The highest BCUT2D eigenvalue weighted by Crippen LogP contribution is 2.26. The summed E-state index contributed by atoms with van der Waals surface area (Å²) in [5, 5.41) is 7.16. The van der Waals surface area contributed by atoms with Gasteiger partial charge in [-0.05, 0) is 50.0 Å². The van der Waals surface area contributed by atoms with Crippen molar-refractivity contribution in [2.75, 3.05) is 26.7 Å². The second kappa shape index (κ2) is 10.9. The van der Waals surface area contributed by atoms with E-state index in [1.165, 1.54) is 18.4 Å². The average Bonchev–Trinajstić information content (AvgIpc) is 3.53. The van der Waals surface area contributed by atoms with E-state index in [2.05, 4.69) is 32.5 Å². The van der Waals surface area contributed by atoms with Crippen LogP contribution in [0.15, 0.2) is 59.1 Å². The molecule has 1 atom stereocenters. The number of methoxy groups -OCH3 is 1. The quantitative estimate of drug-likeness (QED) is 0.519. The summed E-state index contributed by atoms with van der Waals surface area (Å²) in [7, 11) is 1.67. The van der Waals surface area contributed by atoms with Gasteiger partial charge in [0.25, 0.3) is 0 Å². The number of carbonyl (C=O) groups is 1. The Morgan fingerprint density at radius 2 is 1.88 bits per heavy atom. The summed E-state index contributed by atoms with van der Waals surface area (Å²) in [6.07, 6.45) is 4.09. The van der Waals surface area contributed by atoms with Crippen molar-refractivity contribution in [1.82, 2.24) is 20.4 Å². The fourth-order valence-electron chi connectivity index (χ4n) is 4.10. The van der Waals surface area contributed by atoms with Gasteiger partial charge in [-0.3, -0.25) is 9.69 Å². The second-order valence-corrected chi connectivity index (χ2v) is 8.07.